The monoisotopic (exact) mass is 699 g/mol. The highest BCUT2D eigenvalue weighted by molar-refractivity contribution is 8.12. The Labute approximate surface area is 284 Å². The molecule has 2 atom stereocenters. The summed E-state index contributed by atoms with van der Waals surface area (Å²) in [6, 6.07) is 8.21. The third-order valence-corrected chi connectivity index (χ3v) is 13.1. The van der Waals surface area contributed by atoms with Crippen molar-refractivity contribution in [3.8, 4) is 0 Å². The summed E-state index contributed by atoms with van der Waals surface area (Å²) in [4.78, 5) is 27.6. The van der Waals surface area contributed by atoms with Crippen LogP contribution in [0.5, 0.6) is 0 Å². The Balaban J connectivity index is 1.34. The van der Waals surface area contributed by atoms with Crippen LogP contribution in [0.2, 0.25) is 0 Å². The van der Waals surface area contributed by atoms with Gasteiger partial charge in [-0.3, -0.25) is 9.36 Å². The number of aryl methyl sites for hydroxylation is 1. The Hall–Kier alpha value is -2.87. The number of benzene rings is 1. The van der Waals surface area contributed by atoms with Crippen molar-refractivity contribution in [3.63, 3.8) is 0 Å². The average Bonchev–Trinajstić information content (AvgIpc) is 3.91. The highest BCUT2D eigenvalue weighted by Gasteiger charge is 2.43. The molecule has 5 aliphatic rings. The number of sulfone groups is 1. The number of rotatable bonds is 2. The van der Waals surface area contributed by atoms with E-state index in [1.165, 1.54) is 12.4 Å². The van der Waals surface area contributed by atoms with Crippen LogP contribution in [0.3, 0.4) is 0 Å². The minimum atomic E-state index is -3.13. The van der Waals surface area contributed by atoms with Gasteiger partial charge in [0.25, 0.3) is 11.5 Å². The summed E-state index contributed by atoms with van der Waals surface area (Å²) in [5.74, 6) is -3.32. The number of aliphatic hydroxyl groups excluding tert-OH is 1. The van der Waals surface area contributed by atoms with E-state index in [4.69, 9.17) is 4.98 Å². The number of alkyl halides is 2. The lowest BCUT2D eigenvalue weighted by Gasteiger charge is -2.37. The quantitative estimate of drug-likeness (QED) is 0.348. The first kappa shape index (κ1) is 33.6. The zero-order chi connectivity index (χ0) is 33.6. The summed E-state index contributed by atoms with van der Waals surface area (Å²) in [7, 11) is -3.13. The van der Waals surface area contributed by atoms with Crippen LogP contribution >= 0.6 is 11.8 Å². The van der Waals surface area contributed by atoms with Crippen molar-refractivity contribution in [2.75, 3.05) is 36.0 Å². The Kier molecular flexibility index (Phi) is 9.42. The molecule has 48 heavy (non-hydrogen) atoms. The maximum atomic E-state index is 16.1. The fraction of sp³-hybridized carbons (Fsp3) is 0.571. The Morgan fingerprint density at radius 1 is 0.979 bits per heavy atom. The number of hydrogen-bond acceptors (Lipinski definition) is 9. The lowest BCUT2D eigenvalue weighted by atomic mass is 9.85. The van der Waals surface area contributed by atoms with Crippen LogP contribution in [-0.4, -0.2) is 70.2 Å². The van der Waals surface area contributed by atoms with E-state index in [1.54, 1.807) is 28.5 Å². The molecule has 13 heteroatoms. The van der Waals surface area contributed by atoms with E-state index in [9.17, 15) is 18.3 Å². The summed E-state index contributed by atoms with van der Waals surface area (Å²) < 4.78 is 58.5. The molecule has 9 nitrogen and oxygen atoms in total. The minimum Gasteiger partial charge on any atom is -0.392 e. The topological polar surface area (TPSA) is 109 Å². The molecule has 0 amide bonds. The lowest BCUT2D eigenvalue weighted by Crippen LogP contribution is -2.42. The van der Waals surface area contributed by atoms with E-state index in [2.05, 4.69) is 9.88 Å². The van der Waals surface area contributed by atoms with Crippen LogP contribution < -0.4 is 10.5 Å². The van der Waals surface area contributed by atoms with E-state index in [0.29, 0.717) is 87.1 Å². The molecule has 0 radical (unpaired) electrons. The number of anilines is 1. The summed E-state index contributed by atoms with van der Waals surface area (Å²) in [5.41, 5.74) is 1.64. The van der Waals surface area contributed by atoms with Crippen LogP contribution in [0.4, 0.5) is 14.6 Å². The van der Waals surface area contributed by atoms with Gasteiger partial charge in [0.05, 0.1) is 34.1 Å². The number of hydrogen-bond donors (Lipinski definition) is 1. The minimum absolute atomic E-state index is 0.00419. The molecular weight excluding hydrogens is 657 g/mol. The van der Waals surface area contributed by atoms with Crippen molar-refractivity contribution in [3.05, 3.63) is 74.1 Å². The van der Waals surface area contributed by atoms with Crippen LogP contribution in [0.1, 0.15) is 86.9 Å². The van der Waals surface area contributed by atoms with E-state index in [1.807, 2.05) is 29.4 Å². The fourth-order valence-corrected chi connectivity index (χ4v) is 9.80. The number of aromatic nitrogens is 3. The molecule has 3 aromatic rings. The van der Waals surface area contributed by atoms with E-state index >= 15 is 8.78 Å². The number of thioether (sulfide) groups is 1. The lowest BCUT2D eigenvalue weighted by molar-refractivity contribution is -0.0875. The summed E-state index contributed by atoms with van der Waals surface area (Å²) in [6.07, 6.45) is 5.28. The second kappa shape index (κ2) is 13.4. The molecule has 1 N–H and O–H groups in total. The first-order chi connectivity index (χ1) is 23.0. The maximum absolute atomic E-state index is 16.1. The zero-order valence-electron chi connectivity index (χ0n) is 27.2. The molecule has 0 saturated carbocycles. The molecule has 7 heterocycles. The van der Waals surface area contributed by atoms with Crippen LogP contribution in [0.15, 0.2) is 51.9 Å². The summed E-state index contributed by atoms with van der Waals surface area (Å²) in [6.45, 7) is 3.94. The predicted molar refractivity (Wildman–Crippen MR) is 185 cm³/mol. The van der Waals surface area contributed by atoms with Crippen molar-refractivity contribution in [2.45, 2.75) is 88.8 Å². The number of fused-ring (bicyclic) bond motifs is 9. The van der Waals surface area contributed by atoms with Gasteiger partial charge < -0.3 is 14.9 Å². The number of pyridine rings is 1. The molecule has 2 saturated heterocycles. The molecule has 8 bridgehead atoms. The number of aliphatic hydroxyl groups is 1. The van der Waals surface area contributed by atoms with Gasteiger partial charge in [-0.15, -0.1) is 0 Å². The third-order valence-electron chi connectivity index (χ3n) is 10.7. The molecule has 2 aromatic heterocycles. The van der Waals surface area contributed by atoms with Gasteiger partial charge in [-0.25, -0.2) is 27.2 Å². The van der Waals surface area contributed by atoms with Crippen LogP contribution in [0, 0.1) is 5.92 Å². The molecule has 2 fully saturated rings. The predicted octanol–water partition coefficient (Wildman–Crippen LogP) is 5.94. The Morgan fingerprint density at radius 3 is 2.46 bits per heavy atom. The summed E-state index contributed by atoms with van der Waals surface area (Å²) >= 11 is 1.55. The van der Waals surface area contributed by atoms with Gasteiger partial charge in [0.1, 0.15) is 27.6 Å². The van der Waals surface area contributed by atoms with Crippen LogP contribution in [-0.2, 0) is 22.3 Å². The molecule has 8 rings (SSSR count). The smallest absolute Gasteiger partial charge is 0.276 e. The van der Waals surface area contributed by atoms with Gasteiger partial charge in [-0.05, 0) is 82.2 Å². The molecular formula is C35H43F2N5O4S2. The highest BCUT2D eigenvalue weighted by atomic mass is 32.2. The largest absolute Gasteiger partial charge is 0.392 e. The van der Waals surface area contributed by atoms with Gasteiger partial charge in [0.15, 0.2) is 0 Å². The number of nitrogens with zero attached hydrogens (tertiary/aromatic N) is 5. The van der Waals surface area contributed by atoms with Crippen LogP contribution in [0.25, 0.3) is 11.0 Å². The average molecular weight is 700 g/mol. The maximum Gasteiger partial charge on any atom is 0.276 e. The Bertz CT molecular complexity index is 1860. The molecule has 5 aliphatic heterocycles. The van der Waals surface area contributed by atoms with Crippen molar-refractivity contribution in [2.24, 2.45) is 5.92 Å². The normalized spacial score (nSPS) is 28.2. The molecule has 258 valence electrons. The van der Waals surface area contributed by atoms with Crippen molar-refractivity contribution < 1.29 is 22.3 Å². The first-order valence-corrected chi connectivity index (χ1v) is 19.9. The van der Waals surface area contributed by atoms with E-state index in [0.717, 1.165) is 23.4 Å². The van der Waals surface area contributed by atoms with Gasteiger partial charge >= 0.3 is 0 Å². The highest BCUT2D eigenvalue weighted by Crippen LogP contribution is 2.47. The standard InChI is InChI=1S/C35H43F2N5O4S2/c1-23-25-6-5-7-27(18-25)35(36,37)26-9-14-40(15-10-26)20-28(43)8-3-2-4-13-41-32-30(33(39-22-38-32)42(23)31-21-47-31)19-29(34(41)44)24-11-16-48(45,46)17-12-24/h5-7,18-19,21-24,26,28,43H,2-4,8-17,20H2,1H3/t23-,28+/m1/s1. The van der Waals surface area contributed by atoms with E-state index in [-0.39, 0.29) is 34.6 Å². The second-order valence-electron chi connectivity index (χ2n) is 13.9. The van der Waals surface area contributed by atoms with Gasteiger partial charge in [-0.2, -0.15) is 0 Å². The van der Waals surface area contributed by atoms with Crippen molar-refractivity contribution in [1.82, 2.24) is 19.4 Å². The third kappa shape index (κ3) is 6.80. The SMILES string of the molecule is C[C@@H]1c2cccc(c2)C(F)(F)C2CCN(CC2)C[C@@H](O)CCCCCn2c(=O)c(C3CCS(=O)(=O)CC3)cc3c(ncnc32)N1C1=CS1. The van der Waals surface area contributed by atoms with Crippen molar-refractivity contribution in [1.29, 1.82) is 0 Å². The first-order valence-electron chi connectivity index (χ1n) is 17.2. The zero-order valence-corrected chi connectivity index (χ0v) is 28.9. The molecule has 0 spiro atoms. The second-order valence-corrected chi connectivity index (χ2v) is 17.1. The van der Waals surface area contributed by atoms with E-state index < -0.39 is 27.8 Å². The van der Waals surface area contributed by atoms with Gasteiger partial charge in [0.2, 0.25) is 0 Å². The molecule has 1 aromatic carbocycles. The fourth-order valence-electron chi connectivity index (χ4n) is 7.79. The summed E-state index contributed by atoms with van der Waals surface area (Å²) in [5, 5.41) is 14.4. The Morgan fingerprint density at radius 2 is 1.73 bits per heavy atom. The van der Waals surface area contributed by atoms with Gasteiger partial charge in [-0.1, -0.05) is 42.8 Å². The number of piperidine rings is 1. The van der Waals surface area contributed by atoms with Gasteiger partial charge in [0, 0.05) is 35.5 Å². The molecule has 0 aliphatic carbocycles. The molecule has 0 unspecified atom stereocenters. The van der Waals surface area contributed by atoms with Crippen molar-refractivity contribution >= 4 is 38.5 Å². The number of halogens is 2.